The van der Waals surface area contributed by atoms with E-state index in [1.807, 2.05) is 24.3 Å². The van der Waals surface area contributed by atoms with Crippen molar-refractivity contribution in [2.75, 3.05) is 36.9 Å². The van der Waals surface area contributed by atoms with E-state index in [9.17, 15) is 0 Å². The number of halogens is 1. The summed E-state index contributed by atoms with van der Waals surface area (Å²) >= 11 is 6.16. The number of morpholine rings is 1. The molecule has 1 aliphatic carbocycles. The van der Waals surface area contributed by atoms with Gasteiger partial charge in [-0.05, 0) is 85.1 Å². The molecule has 0 radical (unpaired) electrons. The van der Waals surface area contributed by atoms with E-state index in [-0.39, 0.29) is 5.54 Å². The van der Waals surface area contributed by atoms with Crippen molar-refractivity contribution in [1.82, 2.24) is 24.4 Å². The maximum Gasteiger partial charge on any atom is 0.165 e. The highest BCUT2D eigenvalue weighted by Crippen LogP contribution is 2.42. The standard InChI is InChI=1S/C31H30ClN7O/c32-37-31(14-2-15-31)22-6-10-24(11-7-22)39-29(25-3-1-16-34-28(25)33)36-27-13-12-26(35-30(27)39)21-4-8-23(9-5-21)38-17-19-40-20-18-38/h1,3-13,16,37H,2,14-15,17-20H2,(H2,33,34). The monoisotopic (exact) mass is 551 g/mol. The first kappa shape index (κ1) is 25.0. The van der Waals surface area contributed by atoms with Crippen molar-refractivity contribution in [2.24, 2.45) is 0 Å². The van der Waals surface area contributed by atoms with E-state index >= 15 is 0 Å². The van der Waals surface area contributed by atoms with Crippen LogP contribution in [0.2, 0.25) is 0 Å². The molecule has 1 saturated carbocycles. The number of nitrogens with one attached hydrogen (secondary N) is 1. The number of ether oxygens (including phenoxy) is 1. The Bertz CT molecular complexity index is 1650. The van der Waals surface area contributed by atoms with E-state index in [1.54, 1.807) is 6.20 Å². The van der Waals surface area contributed by atoms with E-state index in [1.165, 1.54) is 11.3 Å². The first-order valence-electron chi connectivity index (χ1n) is 13.7. The van der Waals surface area contributed by atoms with Crippen molar-refractivity contribution in [1.29, 1.82) is 0 Å². The third-order valence-electron chi connectivity index (χ3n) is 8.19. The molecule has 9 heteroatoms. The Labute approximate surface area is 237 Å². The Morgan fingerprint density at radius 3 is 2.30 bits per heavy atom. The summed E-state index contributed by atoms with van der Waals surface area (Å²) in [7, 11) is 0. The van der Waals surface area contributed by atoms with E-state index in [2.05, 4.69) is 67.8 Å². The fourth-order valence-electron chi connectivity index (χ4n) is 5.71. The minimum atomic E-state index is -0.160. The van der Waals surface area contributed by atoms with Gasteiger partial charge >= 0.3 is 0 Å². The fraction of sp³-hybridized carbons (Fsp3) is 0.258. The molecule has 7 rings (SSSR count). The van der Waals surface area contributed by atoms with Crippen molar-refractivity contribution in [3.63, 3.8) is 0 Å². The number of imidazole rings is 1. The number of rotatable bonds is 6. The second kappa shape index (κ2) is 10.2. The smallest absolute Gasteiger partial charge is 0.165 e. The van der Waals surface area contributed by atoms with Gasteiger partial charge in [-0.2, -0.15) is 0 Å². The number of nitrogen functional groups attached to an aromatic ring is 1. The normalized spacial score (nSPS) is 16.7. The van der Waals surface area contributed by atoms with Crippen molar-refractivity contribution in [3.8, 4) is 28.3 Å². The Morgan fingerprint density at radius 1 is 0.875 bits per heavy atom. The van der Waals surface area contributed by atoms with Crippen LogP contribution in [-0.2, 0) is 10.3 Å². The maximum atomic E-state index is 6.32. The zero-order chi connectivity index (χ0) is 27.1. The van der Waals surface area contributed by atoms with Crippen molar-refractivity contribution in [2.45, 2.75) is 24.8 Å². The first-order valence-corrected chi connectivity index (χ1v) is 14.1. The van der Waals surface area contributed by atoms with Gasteiger partial charge in [0.15, 0.2) is 11.5 Å². The summed E-state index contributed by atoms with van der Waals surface area (Å²) in [6.07, 6.45) is 4.90. The fourth-order valence-corrected chi connectivity index (χ4v) is 6.01. The van der Waals surface area contributed by atoms with Crippen molar-refractivity contribution in [3.05, 3.63) is 84.6 Å². The molecule has 40 heavy (non-hydrogen) atoms. The predicted molar refractivity (Wildman–Crippen MR) is 159 cm³/mol. The highest BCUT2D eigenvalue weighted by Gasteiger charge is 2.38. The van der Waals surface area contributed by atoms with Gasteiger partial charge in [0, 0.05) is 36.2 Å². The van der Waals surface area contributed by atoms with Gasteiger partial charge in [0.1, 0.15) is 11.3 Å². The van der Waals surface area contributed by atoms with Gasteiger partial charge in [-0.25, -0.2) is 19.8 Å². The number of nitrogens with zero attached hydrogens (tertiary/aromatic N) is 5. The highest BCUT2D eigenvalue weighted by molar-refractivity contribution is 6.14. The molecule has 3 aromatic heterocycles. The lowest BCUT2D eigenvalue weighted by Crippen LogP contribution is -2.43. The van der Waals surface area contributed by atoms with Crippen LogP contribution in [-0.4, -0.2) is 45.8 Å². The molecule has 1 saturated heterocycles. The second-order valence-corrected chi connectivity index (χ2v) is 10.7. The summed E-state index contributed by atoms with van der Waals surface area (Å²) in [5.74, 6) is 1.13. The molecule has 2 fully saturated rings. The van der Waals surface area contributed by atoms with Crippen LogP contribution in [0.15, 0.2) is 79.0 Å². The van der Waals surface area contributed by atoms with Gasteiger partial charge in [0.2, 0.25) is 0 Å². The number of fused-ring (bicyclic) bond motifs is 1. The summed E-state index contributed by atoms with van der Waals surface area (Å²) < 4.78 is 7.57. The number of pyridine rings is 2. The quantitative estimate of drug-likeness (QED) is 0.262. The molecule has 0 spiro atoms. The number of benzene rings is 2. The Morgan fingerprint density at radius 2 is 1.62 bits per heavy atom. The molecule has 5 aromatic rings. The molecule has 0 unspecified atom stereocenters. The third-order valence-corrected chi connectivity index (χ3v) is 8.55. The van der Waals surface area contributed by atoms with Gasteiger partial charge in [0.25, 0.3) is 0 Å². The maximum absolute atomic E-state index is 6.32. The van der Waals surface area contributed by atoms with Gasteiger partial charge in [0.05, 0.1) is 30.0 Å². The summed E-state index contributed by atoms with van der Waals surface area (Å²) in [5.41, 5.74) is 13.7. The molecule has 8 nitrogen and oxygen atoms in total. The summed E-state index contributed by atoms with van der Waals surface area (Å²) in [6.45, 7) is 3.34. The average Bonchev–Trinajstić information content (AvgIpc) is 3.37. The topological polar surface area (TPSA) is 94.1 Å². The minimum Gasteiger partial charge on any atom is -0.383 e. The second-order valence-electron chi connectivity index (χ2n) is 10.5. The number of hydrogen-bond donors (Lipinski definition) is 2. The molecule has 2 aromatic carbocycles. The minimum absolute atomic E-state index is 0.160. The molecular weight excluding hydrogens is 522 g/mol. The zero-order valence-electron chi connectivity index (χ0n) is 22.1. The van der Waals surface area contributed by atoms with Crippen LogP contribution in [0.1, 0.15) is 24.8 Å². The highest BCUT2D eigenvalue weighted by atomic mass is 35.5. The van der Waals surface area contributed by atoms with E-state index in [0.29, 0.717) is 11.6 Å². The van der Waals surface area contributed by atoms with Crippen LogP contribution >= 0.6 is 11.8 Å². The van der Waals surface area contributed by atoms with E-state index in [4.69, 9.17) is 32.2 Å². The Hall–Kier alpha value is -3.98. The summed E-state index contributed by atoms with van der Waals surface area (Å²) in [4.78, 5) is 19.8. The SMILES string of the molecule is Nc1ncccc1-c1nc2ccc(-c3ccc(N4CCOCC4)cc3)nc2n1-c1ccc(C2(NCl)CCC2)cc1. The van der Waals surface area contributed by atoms with Crippen LogP contribution < -0.4 is 15.5 Å². The van der Waals surface area contributed by atoms with Crippen LogP contribution in [0.25, 0.3) is 39.5 Å². The Kier molecular flexibility index (Phi) is 6.38. The zero-order valence-corrected chi connectivity index (χ0v) is 22.8. The lowest BCUT2D eigenvalue weighted by Gasteiger charge is -2.41. The van der Waals surface area contributed by atoms with E-state index in [0.717, 1.165) is 79.2 Å². The average molecular weight is 552 g/mol. The number of anilines is 2. The van der Waals surface area contributed by atoms with Crippen LogP contribution in [0.5, 0.6) is 0 Å². The molecule has 202 valence electrons. The number of nitrogens with two attached hydrogens (primary N) is 1. The van der Waals surface area contributed by atoms with E-state index < -0.39 is 0 Å². The molecule has 0 amide bonds. The summed E-state index contributed by atoms with van der Waals surface area (Å²) in [6, 6.07) is 24.9. The van der Waals surface area contributed by atoms with Crippen molar-refractivity contribution < 1.29 is 4.74 Å². The number of aromatic nitrogens is 4. The van der Waals surface area contributed by atoms with Crippen LogP contribution in [0, 0.1) is 0 Å². The van der Waals surface area contributed by atoms with Crippen LogP contribution in [0.3, 0.4) is 0 Å². The number of hydrogen-bond acceptors (Lipinski definition) is 7. The molecular formula is C31H30ClN7O. The largest absolute Gasteiger partial charge is 0.383 e. The van der Waals surface area contributed by atoms with Crippen LogP contribution in [0.4, 0.5) is 11.5 Å². The van der Waals surface area contributed by atoms with Gasteiger partial charge in [-0.15, -0.1) is 0 Å². The first-order chi connectivity index (χ1) is 19.6. The van der Waals surface area contributed by atoms with Gasteiger partial charge in [-0.3, -0.25) is 4.57 Å². The lowest BCUT2D eigenvalue weighted by atomic mass is 9.73. The van der Waals surface area contributed by atoms with Gasteiger partial charge in [-0.1, -0.05) is 24.3 Å². The Balaban J connectivity index is 1.33. The molecule has 1 aliphatic heterocycles. The summed E-state index contributed by atoms with van der Waals surface area (Å²) in [5, 5.41) is 0. The molecule has 0 atom stereocenters. The lowest BCUT2D eigenvalue weighted by molar-refractivity contribution is 0.122. The van der Waals surface area contributed by atoms with Gasteiger partial charge < -0.3 is 15.4 Å². The predicted octanol–water partition coefficient (Wildman–Crippen LogP) is 5.69. The van der Waals surface area contributed by atoms with Crippen molar-refractivity contribution >= 4 is 34.4 Å². The molecule has 0 bridgehead atoms. The molecule has 3 N–H and O–H groups in total. The molecule has 4 heterocycles. The third kappa shape index (κ3) is 4.29. The molecule has 2 aliphatic rings.